The van der Waals surface area contributed by atoms with Crippen LogP contribution < -0.4 is 21.4 Å². The molecule has 0 unspecified atom stereocenters. The van der Waals surface area contributed by atoms with Gasteiger partial charge in [0, 0.05) is 22.8 Å². The molecule has 0 saturated heterocycles. The van der Waals surface area contributed by atoms with Gasteiger partial charge in [-0.1, -0.05) is 12.6 Å². The Bertz CT molecular complexity index is 804. The molecule has 1 aliphatic rings. The lowest BCUT2D eigenvalue weighted by atomic mass is 10.1. The first kappa shape index (κ1) is 10.8. The van der Waals surface area contributed by atoms with Crippen molar-refractivity contribution < 1.29 is 4.39 Å². The van der Waals surface area contributed by atoms with E-state index in [1.165, 1.54) is 6.07 Å². The van der Waals surface area contributed by atoms with Gasteiger partial charge in [-0.3, -0.25) is 4.98 Å². The van der Waals surface area contributed by atoms with Crippen molar-refractivity contribution in [3.63, 3.8) is 0 Å². The van der Waals surface area contributed by atoms with E-state index < -0.39 is 0 Å². The lowest BCUT2D eigenvalue weighted by molar-refractivity contribution is 0.617. The minimum absolute atomic E-state index is 0.230. The zero-order valence-corrected chi connectivity index (χ0v) is 9.92. The summed E-state index contributed by atoms with van der Waals surface area (Å²) in [5.74, 6) is -0.230. The number of hydrazine groups is 1. The summed E-state index contributed by atoms with van der Waals surface area (Å²) in [6, 6.07) is 5.22. The molecule has 3 rings (SSSR count). The number of hydrogen-bond acceptors (Lipinski definition) is 3. The average Bonchev–Trinajstić information content (AvgIpc) is 2.80. The SMILES string of the molecule is C=c1ccc(=c2c(C)c(F)cc3c2=CNN3)cn1. The van der Waals surface area contributed by atoms with E-state index in [1.807, 2.05) is 18.3 Å². The molecular weight excluding hydrogens is 229 g/mol. The Morgan fingerprint density at radius 1 is 1.33 bits per heavy atom. The van der Waals surface area contributed by atoms with Gasteiger partial charge in [-0.15, -0.1) is 0 Å². The Hall–Kier alpha value is -2.36. The van der Waals surface area contributed by atoms with Gasteiger partial charge in [0.2, 0.25) is 0 Å². The van der Waals surface area contributed by atoms with Crippen molar-refractivity contribution in [2.75, 3.05) is 5.43 Å². The minimum Gasteiger partial charge on any atom is -0.307 e. The van der Waals surface area contributed by atoms with Crippen molar-refractivity contribution in [1.29, 1.82) is 0 Å². The van der Waals surface area contributed by atoms with E-state index in [2.05, 4.69) is 22.4 Å². The summed E-state index contributed by atoms with van der Waals surface area (Å²) in [7, 11) is 0. The van der Waals surface area contributed by atoms with Gasteiger partial charge < -0.3 is 10.9 Å². The number of aromatic nitrogens is 1. The van der Waals surface area contributed by atoms with Crippen molar-refractivity contribution in [2.45, 2.75) is 6.92 Å². The third kappa shape index (κ3) is 1.54. The van der Waals surface area contributed by atoms with Crippen molar-refractivity contribution >= 4 is 18.5 Å². The summed E-state index contributed by atoms with van der Waals surface area (Å²) >= 11 is 0. The summed E-state index contributed by atoms with van der Waals surface area (Å²) in [6.45, 7) is 5.52. The quantitative estimate of drug-likeness (QED) is 0.719. The predicted octanol–water partition coefficient (Wildman–Crippen LogP) is 0.894. The van der Waals surface area contributed by atoms with E-state index in [4.69, 9.17) is 0 Å². The van der Waals surface area contributed by atoms with E-state index in [9.17, 15) is 4.39 Å². The first-order chi connectivity index (χ1) is 8.66. The third-order valence-corrected chi connectivity index (χ3v) is 3.10. The summed E-state index contributed by atoms with van der Waals surface area (Å²) in [5.41, 5.74) is 7.16. The molecule has 0 saturated carbocycles. The minimum atomic E-state index is -0.230. The number of halogens is 1. The largest absolute Gasteiger partial charge is 0.307 e. The standard InChI is InChI=1S/C14H12FN3/c1-8-3-4-10(6-16-8)14-9(2)12(15)5-13-11(14)7-17-18-13/h3-7,17-18H,1H2,2H3. The maximum atomic E-state index is 13.9. The highest BCUT2D eigenvalue weighted by Gasteiger charge is 2.09. The molecule has 0 amide bonds. The number of hydrogen-bond donors (Lipinski definition) is 2. The smallest absolute Gasteiger partial charge is 0.128 e. The fraction of sp³-hybridized carbons (Fsp3) is 0.0714. The highest BCUT2D eigenvalue weighted by atomic mass is 19.1. The summed E-state index contributed by atoms with van der Waals surface area (Å²) < 4.78 is 13.9. The van der Waals surface area contributed by atoms with Crippen LogP contribution in [0.15, 0.2) is 24.4 Å². The molecule has 18 heavy (non-hydrogen) atoms. The molecule has 0 aliphatic carbocycles. The van der Waals surface area contributed by atoms with E-state index in [1.54, 1.807) is 13.1 Å². The molecule has 0 radical (unpaired) electrons. The van der Waals surface area contributed by atoms with Gasteiger partial charge in [-0.2, -0.15) is 0 Å². The molecule has 1 aliphatic heterocycles. The van der Waals surface area contributed by atoms with Gasteiger partial charge in [0.1, 0.15) is 5.82 Å². The number of anilines is 1. The fourth-order valence-corrected chi connectivity index (χ4v) is 2.15. The average molecular weight is 241 g/mol. The van der Waals surface area contributed by atoms with Gasteiger partial charge in [-0.25, -0.2) is 4.39 Å². The molecule has 1 aromatic heterocycles. The number of benzene rings is 1. The number of nitrogens with one attached hydrogen (secondary N) is 2. The van der Waals surface area contributed by atoms with Gasteiger partial charge in [-0.05, 0) is 29.8 Å². The molecule has 2 N–H and O–H groups in total. The lowest BCUT2D eigenvalue weighted by Gasteiger charge is -2.02. The molecule has 2 heterocycles. The molecule has 0 atom stereocenters. The second-order valence-corrected chi connectivity index (χ2v) is 4.27. The number of fused-ring (bicyclic) bond motifs is 1. The Morgan fingerprint density at radius 3 is 2.89 bits per heavy atom. The van der Waals surface area contributed by atoms with Crippen LogP contribution in [0.25, 0.3) is 12.8 Å². The van der Waals surface area contributed by atoms with Crippen LogP contribution in [0.2, 0.25) is 0 Å². The first-order valence-electron chi connectivity index (χ1n) is 5.63. The summed E-state index contributed by atoms with van der Waals surface area (Å²) in [4.78, 5) is 4.16. The van der Waals surface area contributed by atoms with E-state index >= 15 is 0 Å². The van der Waals surface area contributed by atoms with Gasteiger partial charge in [0.25, 0.3) is 0 Å². The van der Waals surface area contributed by atoms with Gasteiger partial charge in [0.15, 0.2) is 0 Å². The van der Waals surface area contributed by atoms with Crippen molar-refractivity contribution in [3.05, 3.63) is 56.8 Å². The molecule has 0 spiro atoms. The number of rotatable bonds is 0. The van der Waals surface area contributed by atoms with Crippen LogP contribution in [0.1, 0.15) is 5.56 Å². The van der Waals surface area contributed by atoms with Crippen molar-refractivity contribution in [3.8, 4) is 0 Å². The topological polar surface area (TPSA) is 37.0 Å². The van der Waals surface area contributed by atoms with E-state index in [0.29, 0.717) is 10.9 Å². The molecule has 0 bridgehead atoms. The normalized spacial score (nSPS) is 14.3. The molecule has 90 valence electrons. The van der Waals surface area contributed by atoms with Crippen LogP contribution >= 0.6 is 0 Å². The molecule has 4 heteroatoms. The van der Waals surface area contributed by atoms with Crippen molar-refractivity contribution in [1.82, 2.24) is 10.4 Å². The summed E-state index contributed by atoms with van der Waals surface area (Å²) in [6.07, 6.45) is 3.55. The Balaban J connectivity index is 2.62. The molecule has 0 fully saturated rings. The zero-order chi connectivity index (χ0) is 12.7. The third-order valence-electron chi connectivity index (χ3n) is 3.10. The number of pyridine rings is 1. The molecular formula is C14H12FN3. The maximum absolute atomic E-state index is 13.9. The zero-order valence-electron chi connectivity index (χ0n) is 9.92. The molecule has 3 nitrogen and oxygen atoms in total. The van der Waals surface area contributed by atoms with Crippen LogP contribution in [-0.2, 0) is 0 Å². The van der Waals surface area contributed by atoms with Crippen LogP contribution in [0.3, 0.4) is 0 Å². The maximum Gasteiger partial charge on any atom is 0.128 e. The highest BCUT2D eigenvalue weighted by molar-refractivity contribution is 5.56. The van der Waals surface area contributed by atoms with Crippen LogP contribution in [0.4, 0.5) is 10.1 Å². The first-order valence-corrected chi connectivity index (χ1v) is 5.63. The highest BCUT2D eigenvalue weighted by Crippen LogP contribution is 2.12. The predicted molar refractivity (Wildman–Crippen MR) is 69.0 cm³/mol. The molecule has 1 aromatic carbocycles. The number of nitrogens with zero attached hydrogens (tertiary/aromatic N) is 1. The van der Waals surface area contributed by atoms with Crippen LogP contribution in [0.5, 0.6) is 0 Å². The Morgan fingerprint density at radius 2 is 2.17 bits per heavy atom. The Kier molecular flexibility index (Phi) is 2.30. The van der Waals surface area contributed by atoms with Gasteiger partial charge >= 0.3 is 0 Å². The van der Waals surface area contributed by atoms with E-state index in [0.717, 1.165) is 21.3 Å². The van der Waals surface area contributed by atoms with Crippen LogP contribution in [0, 0.1) is 23.2 Å². The second kappa shape index (κ2) is 3.84. The monoisotopic (exact) mass is 241 g/mol. The van der Waals surface area contributed by atoms with Gasteiger partial charge in [0.05, 0.1) is 11.0 Å². The lowest BCUT2D eigenvalue weighted by Crippen LogP contribution is -2.10. The summed E-state index contributed by atoms with van der Waals surface area (Å²) in [5, 5.41) is 3.39. The van der Waals surface area contributed by atoms with Crippen molar-refractivity contribution in [2.24, 2.45) is 0 Å². The fourth-order valence-electron chi connectivity index (χ4n) is 2.15. The van der Waals surface area contributed by atoms with Crippen LogP contribution in [-0.4, -0.2) is 4.98 Å². The second-order valence-electron chi connectivity index (χ2n) is 4.27. The molecule has 2 aromatic rings. The Labute approximate surface area is 103 Å². The van der Waals surface area contributed by atoms with E-state index in [-0.39, 0.29) is 5.82 Å².